The first kappa shape index (κ1) is 15.7. The van der Waals surface area contributed by atoms with Crippen molar-refractivity contribution in [2.75, 3.05) is 0 Å². The average Bonchev–Trinajstić information content (AvgIpc) is 2.95. The minimum absolute atomic E-state index is 0.0566. The van der Waals surface area contributed by atoms with Crippen LogP contribution in [-0.4, -0.2) is 20.6 Å². The fourth-order valence-electron chi connectivity index (χ4n) is 2.28. The Labute approximate surface area is 128 Å². The van der Waals surface area contributed by atoms with E-state index in [1.54, 1.807) is 29.9 Å². The molecule has 1 aromatic heterocycles. The molecule has 0 bridgehead atoms. The molecule has 1 heterocycles. The van der Waals surface area contributed by atoms with Crippen LogP contribution in [0, 0.1) is 17.0 Å². The quantitative estimate of drug-likeness (QED) is 0.679. The maximum Gasteiger partial charge on any atom is 0.273 e. The summed E-state index contributed by atoms with van der Waals surface area (Å²) in [6.45, 7) is 6.17. The van der Waals surface area contributed by atoms with Crippen molar-refractivity contribution in [2.45, 2.75) is 33.4 Å². The van der Waals surface area contributed by atoms with Gasteiger partial charge in [-0.3, -0.25) is 19.6 Å². The number of aromatic nitrogens is 2. The molecule has 0 saturated carbocycles. The van der Waals surface area contributed by atoms with E-state index in [9.17, 15) is 14.9 Å². The highest BCUT2D eigenvalue weighted by molar-refractivity contribution is 5.95. The SMILES string of the molecule is CCn1nccc1C(C)NC(=O)c1ccc(C)c([N+](=O)[O-])c1. The second-order valence-corrected chi connectivity index (χ2v) is 5.03. The van der Waals surface area contributed by atoms with Crippen LogP contribution in [0.5, 0.6) is 0 Å². The predicted molar refractivity (Wildman–Crippen MR) is 81.6 cm³/mol. The standard InChI is InChI=1S/C15H18N4O3/c1-4-18-13(7-8-16-18)11(3)17-15(20)12-6-5-10(2)14(9-12)19(21)22/h5-9,11H,4H2,1-3H3,(H,17,20). The fourth-order valence-corrected chi connectivity index (χ4v) is 2.28. The fraction of sp³-hybridized carbons (Fsp3) is 0.333. The van der Waals surface area contributed by atoms with Crippen molar-refractivity contribution in [3.8, 4) is 0 Å². The van der Waals surface area contributed by atoms with Gasteiger partial charge in [-0.05, 0) is 32.9 Å². The van der Waals surface area contributed by atoms with Crippen LogP contribution in [0.1, 0.15) is 41.5 Å². The predicted octanol–water partition coefficient (Wildman–Crippen LogP) is 2.61. The maximum absolute atomic E-state index is 12.3. The number of carbonyl (C=O) groups excluding carboxylic acids is 1. The summed E-state index contributed by atoms with van der Waals surface area (Å²) in [5.74, 6) is -0.348. The summed E-state index contributed by atoms with van der Waals surface area (Å²) in [5.41, 5.74) is 1.63. The van der Waals surface area contributed by atoms with Crippen LogP contribution in [0.25, 0.3) is 0 Å². The van der Waals surface area contributed by atoms with Gasteiger partial charge < -0.3 is 5.32 Å². The van der Waals surface area contributed by atoms with E-state index in [2.05, 4.69) is 10.4 Å². The van der Waals surface area contributed by atoms with E-state index in [-0.39, 0.29) is 23.2 Å². The summed E-state index contributed by atoms with van der Waals surface area (Å²) in [5, 5.41) is 17.9. The molecule has 1 aromatic carbocycles. The molecule has 0 radical (unpaired) electrons. The molecule has 7 heteroatoms. The van der Waals surface area contributed by atoms with E-state index in [1.165, 1.54) is 6.07 Å². The smallest absolute Gasteiger partial charge is 0.273 e. The molecular formula is C15H18N4O3. The van der Waals surface area contributed by atoms with Crippen LogP contribution in [0.2, 0.25) is 0 Å². The highest BCUT2D eigenvalue weighted by Crippen LogP contribution is 2.20. The second kappa shape index (κ2) is 6.38. The highest BCUT2D eigenvalue weighted by atomic mass is 16.6. The zero-order chi connectivity index (χ0) is 16.3. The largest absolute Gasteiger partial charge is 0.344 e. The highest BCUT2D eigenvalue weighted by Gasteiger charge is 2.18. The van der Waals surface area contributed by atoms with Gasteiger partial charge in [0.2, 0.25) is 0 Å². The Morgan fingerprint density at radius 3 is 2.82 bits per heavy atom. The first-order valence-electron chi connectivity index (χ1n) is 7.01. The molecule has 2 rings (SSSR count). The summed E-state index contributed by atoms with van der Waals surface area (Å²) < 4.78 is 1.79. The van der Waals surface area contributed by atoms with Gasteiger partial charge in [-0.2, -0.15) is 5.10 Å². The maximum atomic E-state index is 12.3. The van der Waals surface area contributed by atoms with Gasteiger partial charge in [0.1, 0.15) is 0 Å². The lowest BCUT2D eigenvalue weighted by molar-refractivity contribution is -0.385. The van der Waals surface area contributed by atoms with E-state index in [1.807, 2.05) is 19.9 Å². The summed E-state index contributed by atoms with van der Waals surface area (Å²) in [4.78, 5) is 22.7. The second-order valence-electron chi connectivity index (χ2n) is 5.03. The van der Waals surface area contributed by atoms with Crippen molar-refractivity contribution in [2.24, 2.45) is 0 Å². The van der Waals surface area contributed by atoms with Gasteiger partial charge in [-0.1, -0.05) is 6.07 Å². The zero-order valence-electron chi connectivity index (χ0n) is 12.7. The number of nitrogens with zero attached hydrogens (tertiary/aromatic N) is 3. The van der Waals surface area contributed by atoms with Gasteiger partial charge in [0.15, 0.2) is 0 Å². The average molecular weight is 302 g/mol. The molecule has 22 heavy (non-hydrogen) atoms. The van der Waals surface area contributed by atoms with Crippen molar-refractivity contribution in [1.29, 1.82) is 0 Å². The van der Waals surface area contributed by atoms with Gasteiger partial charge in [0.05, 0.1) is 16.7 Å². The normalized spacial score (nSPS) is 12.0. The van der Waals surface area contributed by atoms with E-state index >= 15 is 0 Å². The van der Waals surface area contributed by atoms with E-state index in [0.717, 1.165) is 5.69 Å². The monoisotopic (exact) mass is 302 g/mol. The molecule has 1 N–H and O–H groups in total. The number of nitrogens with one attached hydrogen (secondary N) is 1. The number of aryl methyl sites for hydroxylation is 2. The van der Waals surface area contributed by atoms with Crippen LogP contribution in [0.3, 0.4) is 0 Å². The minimum Gasteiger partial charge on any atom is -0.344 e. The Morgan fingerprint density at radius 2 is 2.18 bits per heavy atom. The third-order valence-corrected chi connectivity index (χ3v) is 3.51. The number of carbonyl (C=O) groups is 1. The Bertz CT molecular complexity index is 709. The van der Waals surface area contributed by atoms with Gasteiger partial charge in [0, 0.05) is 29.9 Å². The summed E-state index contributed by atoms with van der Waals surface area (Å²) in [6.07, 6.45) is 1.68. The molecule has 1 unspecified atom stereocenters. The first-order chi connectivity index (χ1) is 10.4. The molecule has 7 nitrogen and oxygen atoms in total. The number of rotatable bonds is 5. The minimum atomic E-state index is -0.484. The van der Waals surface area contributed by atoms with Gasteiger partial charge in [-0.15, -0.1) is 0 Å². The molecule has 1 amide bonds. The molecule has 0 aliphatic rings. The Hall–Kier alpha value is -2.70. The molecule has 1 atom stereocenters. The van der Waals surface area contributed by atoms with Crippen molar-refractivity contribution >= 4 is 11.6 Å². The van der Waals surface area contributed by atoms with Crippen molar-refractivity contribution < 1.29 is 9.72 Å². The number of benzene rings is 1. The number of hydrogen-bond donors (Lipinski definition) is 1. The van der Waals surface area contributed by atoms with Gasteiger partial charge >= 0.3 is 0 Å². The number of nitro benzene ring substituents is 1. The third-order valence-electron chi connectivity index (χ3n) is 3.51. The Kier molecular flexibility index (Phi) is 4.55. The Morgan fingerprint density at radius 1 is 1.45 bits per heavy atom. The van der Waals surface area contributed by atoms with E-state index in [4.69, 9.17) is 0 Å². The van der Waals surface area contributed by atoms with Crippen LogP contribution in [-0.2, 0) is 6.54 Å². The number of nitro groups is 1. The first-order valence-corrected chi connectivity index (χ1v) is 7.01. The zero-order valence-corrected chi connectivity index (χ0v) is 12.7. The van der Waals surface area contributed by atoms with Gasteiger partial charge in [-0.25, -0.2) is 0 Å². The lowest BCUT2D eigenvalue weighted by atomic mass is 10.1. The summed E-state index contributed by atoms with van der Waals surface area (Å²) >= 11 is 0. The molecule has 0 saturated heterocycles. The topological polar surface area (TPSA) is 90.1 Å². The lowest BCUT2D eigenvalue weighted by Crippen LogP contribution is -2.28. The molecular weight excluding hydrogens is 284 g/mol. The molecule has 0 aliphatic carbocycles. The van der Waals surface area contributed by atoms with Crippen molar-refractivity contribution in [1.82, 2.24) is 15.1 Å². The summed E-state index contributed by atoms with van der Waals surface area (Å²) in [7, 11) is 0. The van der Waals surface area contributed by atoms with Crippen LogP contribution >= 0.6 is 0 Å². The van der Waals surface area contributed by atoms with E-state index in [0.29, 0.717) is 12.1 Å². The third kappa shape index (κ3) is 3.13. The van der Waals surface area contributed by atoms with Crippen molar-refractivity contribution in [3.63, 3.8) is 0 Å². The van der Waals surface area contributed by atoms with E-state index < -0.39 is 4.92 Å². The Balaban J connectivity index is 2.19. The lowest BCUT2D eigenvalue weighted by Gasteiger charge is -2.15. The number of hydrogen-bond acceptors (Lipinski definition) is 4. The molecule has 0 spiro atoms. The van der Waals surface area contributed by atoms with Crippen molar-refractivity contribution in [3.05, 3.63) is 57.4 Å². The summed E-state index contributed by atoms with van der Waals surface area (Å²) in [6, 6.07) is 6.06. The molecule has 2 aromatic rings. The van der Waals surface area contributed by atoms with Crippen LogP contribution in [0.4, 0.5) is 5.69 Å². The van der Waals surface area contributed by atoms with Gasteiger partial charge in [0.25, 0.3) is 11.6 Å². The van der Waals surface area contributed by atoms with Crippen LogP contribution in [0.15, 0.2) is 30.5 Å². The molecule has 0 fully saturated rings. The van der Waals surface area contributed by atoms with Crippen LogP contribution < -0.4 is 5.32 Å². The number of amides is 1. The molecule has 0 aliphatic heterocycles. The molecule has 116 valence electrons.